The molecule has 0 atom stereocenters. The lowest BCUT2D eigenvalue weighted by molar-refractivity contribution is -0.977. The SMILES string of the molecule is C(=C\C[N+]12CN3CN(CN(C3)C1)C2)/C[N+]12CN3CN(CN(C3)C1)C2.[Cl-].[Cl-]. The van der Waals surface area contributed by atoms with Crippen molar-refractivity contribution in [1.82, 2.24) is 29.4 Å². The molecular weight excluding hydrogens is 375 g/mol. The normalized spacial score (nSPS) is 52.9. The fourth-order valence-corrected chi connectivity index (χ4v) is 6.26. The molecule has 148 valence electrons. The van der Waals surface area contributed by atoms with E-state index in [1.54, 1.807) is 0 Å². The van der Waals surface area contributed by atoms with Gasteiger partial charge in [0, 0.05) is 0 Å². The molecule has 0 spiro atoms. The molecule has 0 aromatic rings. The number of hydrogen-bond donors (Lipinski definition) is 0. The van der Waals surface area contributed by atoms with E-state index in [9.17, 15) is 0 Å². The van der Waals surface area contributed by atoms with Gasteiger partial charge in [-0.15, -0.1) is 0 Å². The molecule has 26 heavy (non-hydrogen) atoms. The zero-order chi connectivity index (χ0) is 15.8. The second-order valence-electron chi connectivity index (χ2n) is 9.24. The Morgan fingerprint density at radius 2 is 0.692 bits per heavy atom. The highest BCUT2D eigenvalue weighted by Gasteiger charge is 2.49. The first-order chi connectivity index (χ1) is 11.7. The van der Waals surface area contributed by atoms with Crippen LogP contribution in [0.4, 0.5) is 0 Å². The average molecular weight is 405 g/mol. The topological polar surface area (TPSA) is 19.4 Å². The van der Waals surface area contributed by atoms with Gasteiger partial charge in [0.2, 0.25) is 0 Å². The maximum Gasteiger partial charge on any atom is 0.139 e. The molecule has 0 amide bonds. The molecule has 0 aromatic heterocycles. The monoisotopic (exact) mass is 404 g/mol. The molecule has 8 fully saturated rings. The third-order valence-electron chi connectivity index (χ3n) is 6.55. The Bertz CT molecular complexity index is 452. The van der Waals surface area contributed by atoms with Crippen LogP contribution in [0.2, 0.25) is 0 Å². The summed E-state index contributed by atoms with van der Waals surface area (Å²) >= 11 is 0. The minimum atomic E-state index is 0. The van der Waals surface area contributed by atoms with Gasteiger partial charge in [-0.05, 0) is 12.2 Å². The van der Waals surface area contributed by atoms with Crippen molar-refractivity contribution in [2.75, 3.05) is 93.1 Å². The minimum Gasteiger partial charge on any atom is -1.00 e. The van der Waals surface area contributed by atoms with Crippen LogP contribution in [-0.4, -0.2) is 131 Å². The highest BCUT2D eigenvalue weighted by Crippen LogP contribution is 2.30. The van der Waals surface area contributed by atoms with Crippen molar-refractivity contribution in [3.05, 3.63) is 12.2 Å². The van der Waals surface area contributed by atoms with Crippen molar-refractivity contribution in [3.8, 4) is 0 Å². The van der Waals surface area contributed by atoms with Crippen LogP contribution in [0, 0.1) is 0 Å². The zero-order valence-electron chi connectivity index (χ0n) is 15.4. The van der Waals surface area contributed by atoms with E-state index in [1.807, 2.05) is 0 Å². The first-order valence-corrected chi connectivity index (χ1v) is 9.37. The van der Waals surface area contributed by atoms with Crippen molar-refractivity contribution in [2.45, 2.75) is 0 Å². The molecule has 0 radical (unpaired) electrons. The van der Waals surface area contributed by atoms with Crippen molar-refractivity contribution in [3.63, 3.8) is 0 Å². The third-order valence-corrected chi connectivity index (χ3v) is 6.55. The van der Waals surface area contributed by atoms with Gasteiger partial charge in [0.25, 0.3) is 0 Å². The van der Waals surface area contributed by atoms with Gasteiger partial charge in [0.1, 0.15) is 53.1 Å². The Labute approximate surface area is 168 Å². The van der Waals surface area contributed by atoms with E-state index in [1.165, 1.54) is 102 Å². The van der Waals surface area contributed by atoms with Gasteiger partial charge in [-0.3, -0.25) is 8.97 Å². The van der Waals surface area contributed by atoms with Crippen LogP contribution < -0.4 is 24.8 Å². The Kier molecular flexibility index (Phi) is 5.06. The first kappa shape index (κ1) is 19.3. The van der Waals surface area contributed by atoms with Gasteiger partial charge in [-0.2, -0.15) is 0 Å². The Morgan fingerprint density at radius 3 is 0.923 bits per heavy atom. The first-order valence-electron chi connectivity index (χ1n) is 9.37. The lowest BCUT2D eigenvalue weighted by atomic mass is 10.2. The summed E-state index contributed by atoms with van der Waals surface area (Å²) in [5.74, 6) is 0. The third kappa shape index (κ3) is 3.20. The van der Waals surface area contributed by atoms with Crippen molar-refractivity contribution >= 4 is 0 Å². The van der Waals surface area contributed by atoms with Crippen LogP contribution in [0.25, 0.3) is 0 Å². The summed E-state index contributed by atoms with van der Waals surface area (Å²) in [5, 5.41) is 0. The van der Waals surface area contributed by atoms with Crippen molar-refractivity contribution in [2.24, 2.45) is 0 Å². The van der Waals surface area contributed by atoms with Crippen LogP contribution in [-0.2, 0) is 0 Å². The van der Waals surface area contributed by atoms with E-state index in [0.717, 1.165) is 0 Å². The fraction of sp³-hybridized carbons (Fsp3) is 0.875. The van der Waals surface area contributed by atoms with Gasteiger partial charge in [-0.25, -0.2) is 29.4 Å². The summed E-state index contributed by atoms with van der Waals surface area (Å²) in [7, 11) is 0. The molecule has 8 heterocycles. The quantitative estimate of drug-likeness (QED) is 0.340. The van der Waals surface area contributed by atoms with Gasteiger partial charge in [0.15, 0.2) is 0 Å². The molecule has 8 bridgehead atoms. The standard InChI is InChI=1S/C16H30N8.2ClH/c1(3-23-11-17-5-18(12-23)7-19(6-17)13-23)2-4-24-14-20-8-21(15-24)10-22(9-20)16-24;;/h1-2H,3-16H2;2*1H/q+2;;/p-2/b2-1+;;. The lowest BCUT2D eigenvalue weighted by Crippen LogP contribution is -3.00. The molecular formula is C16H30Cl2N8. The van der Waals surface area contributed by atoms with Crippen LogP contribution in [0.1, 0.15) is 0 Å². The number of quaternary nitrogens is 2. The smallest absolute Gasteiger partial charge is 0.139 e. The van der Waals surface area contributed by atoms with Crippen LogP contribution >= 0.6 is 0 Å². The zero-order valence-corrected chi connectivity index (χ0v) is 16.9. The van der Waals surface area contributed by atoms with Crippen LogP contribution in [0.15, 0.2) is 12.2 Å². The maximum absolute atomic E-state index is 2.60. The highest BCUT2D eigenvalue weighted by molar-refractivity contribution is 4.86. The Morgan fingerprint density at radius 1 is 0.462 bits per heavy atom. The number of rotatable bonds is 4. The Hall–Kier alpha value is 0. The van der Waals surface area contributed by atoms with E-state index in [-0.39, 0.29) is 24.8 Å². The van der Waals surface area contributed by atoms with E-state index < -0.39 is 0 Å². The summed E-state index contributed by atoms with van der Waals surface area (Å²) in [6.07, 6.45) is 4.99. The molecule has 8 aliphatic rings. The predicted molar refractivity (Wildman–Crippen MR) is 88.8 cm³/mol. The summed E-state index contributed by atoms with van der Waals surface area (Å²) in [6.45, 7) is 16.9. The van der Waals surface area contributed by atoms with E-state index in [4.69, 9.17) is 0 Å². The molecule has 0 unspecified atom stereocenters. The van der Waals surface area contributed by atoms with E-state index >= 15 is 0 Å². The van der Waals surface area contributed by atoms with Crippen molar-refractivity contribution < 1.29 is 33.8 Å². The summed E-state index contributed by atoms with van der Waals surface area (Å²) in [6, 6.07) is 0. The molecule has 8 nitrogen and oxygen atoms in total. The summed E-state index contributed by atoms with van der Waals surface area (Å²) in [5.41, 5.74) is 0. The Balaban J connectivity index is 0.000000841. The van der Waals surface area contributed by atoms with Crippen LogP contribution in [0.3, 0.4) is 0 Å². The van der Waals surface area contributed by atoms with Crippen LogP contribution in [0.5, 0.6) is 0 Å². The molecule has 10 heteroatoms. The maximum atomic E-state index is 2.60. The average Bonchev–Trinajstić information content (AvgIpc) is 2.49. The molecule has 8 rings (SSSR count). The van der Waals surface area contributed by atoms with Gasteiger partial charge in [-0.1, -0.05) is 0 Å². The second-order valence-corrected chi connectivity index (χ2v) is 9.24. The second kappa shape index (κ2) is 6.81. The molecule has 8 saturated heterocycles. The number of halogens is 2. The molecule has 0 saturated carbocycles. The van der Waals surface area contributed by atoms with Gasteiger partial charge >= 0.3 is 0 Å². The predicted octanol–water partition coefficient (Wildman–Crippen LogP) is -7.43. The molecule has 0 N–H and O–H groups in total. The summed E-state index contributed by atoms with van der Waals surface area (Å²) < 4.78 is 2.45. The largest absolute Gasteiger partial charge is 1.00 e. The highest BCUT2D eigenvalue weighted by atomic mass is 35.5. The van der Waals surface area contributed by atoms with E-state index in [0.29, 0.717) is 0 Å². The van der Waals surface area contributed by atoms with E-state index in [2.05, 4.69) is 41.6 Å². The molecule has 0 aliphatic carbocycles. The van der Waals surface area contributed by atoms with Gasteiger partial charge < -0.3 is 24.8 Å². The molecule has 0 aromatic carbocycles. The minimum absolute atomic E-state index is 0. The number of hydrogen-bond acceptors (Lipinski definition) is 6. The number of nitrogens with zero attached hydrogens (tertiary/aromatic N) is 8. The van der Waals surface area contributed by atoms with Crippen molar-refractivity contribution in [1.29, 1.82) is 0 Å². The molecule has 8 aliphatic heterocycles. The fourth-order valence-electron chi connectivity index (χ4n) is 6.26. The lowest BCUT2D eigenvalue weighted by Gasteiger charge is -2.61. The van der Waals surface area contributed by atoms with Gasteiger partial charge in [0.05, 0.1) is 40.0 Å². The summed E-state index contributed by atoms with van der Waals surface area (Å²) in [4.78, 5) is 15.6.